The maximum Gasteiger partial charge on any atom is 0.158 e. The normalized spacial score (nSPS) is 23.4. The first-order valence-electron chi connectivity index (χ1n) is 4.62. The van der Waals surface area contributed by atoms with Crippen LogP contribution in [-0.4, -0.2) is 53.4 Å². The third-order valence-corrected chi connectivity index (χ3v) is 2.54. The fraction of sp³-hybridized carbons (Fsp3) is 0.778. The van der Waals surface area contributed by atoms with Crippen molar-refractivity contribution >= 4 is 6.29 Å². The molecule has 1 heterocycles. The van der Waals surface area contributed by atoms with Crippen molar-refractivity contribution in [1.29, 1.82) is 0 Å². The van der Waals surface area contributed by atoms with Crippen LogP contribution in [0.3, 0.4) is 0 Å². The van der Waals surface area contributed by atoms with Gasteiger partial charge in [-0.05, 0) is 13.8 Å². The number of nitrogens with zero attached hydrogens (tertiary/aromatic N) is 2. The van der Waals surface area contributed by atoms with Crippen LogP contribution in [0, 0.1) is 6.23 Å². The Balaban J connectivity index is 2.34. The molecule has 0 saturated carbocycles. The first-order chi connectivity index (χ1) is 6.15. The average Bonchev–Trinajstić information content (AvgIpc) is 2.17. The van der Waals surface area contributed by atoms with Crippen LogP contribution in [0.25, 0.3) is 0 Å². The van der Waals surface area contributed by atoms with E-state index < -0.39 is 0 Å². The van der Waals surface area contributed by atoms with Gasteiger partial charge in [0, 0.05) is 26.2 Å². The van der Waals surface area contributed by atoms with Crippen molar-refractivity contribution in [2.75, 3.05) is 26.2 Å². The zero-order chi connectivity index (χ0) is 9.84. The van der Waals surface area contributed by atoms with Crippen LogP contribution in [0.5, 0.6) is 0 Å². The first-order valence-corrected chi connectivity index (χ1v) is 4.62. The highest BCUT2D eigenvalue weighted by Crippen LogP contribution is 2.09. The van der Waals surface area contributed by atoms with Gasteiger partial charge in [-0.3, -0.25) is 9.80 Å². The number of carbonyl (C=O) groups is 1. The van der Waals surface area contributed by atoms with Gasteiger partial charge in [0.1, 0.15) is 6.29 Å². The summed E-state index contributed by atoms with van der Waals surface area (Å²) in [4.78, 5) is 14.6. The average molecular weight is 185 g/mol. The van der Waals surface area contributed by atoms with Crippen LogP contribution in [-0.2, 0) is 4.79 Å². The molecule has 1 N–H and O–H groups in total. The van der Waals surface area contributed by atoms with Gasteiger partial charge in [-0.2, -0.15) is 0 Å². The first kappa shape index (κ1) is 10.6. The molecule has 1 aliphatic heterocycles. The summed E-state index contributed by atoms with van der Waals surface area (Å²) in [5.74, 6) is 0. The van der Waals surface area contributed by atoms with Crippen LogP contribution >= 0.6 is 0 Å². The maximum absolute atomic E-state index is 10.5. The summed E-state index contributed by atoms with van der Waals surface area (Å²) in [5, 5.41) is 9.21. The molecule has 0 aromatic heterocycles. The molecule has 1 unspecified atom stereocenters. The predicted molar refractivity (Wildman–Crippen MR) is 49.5 cm³/mol. The van der Waals surface area contributed by atoms with Crippen LogP contribution in [0.4, 0.5) is 0 Å². The van der Waals surface area contributed by atoms with Crippen LogP contribution in [0.1, 0.15) is 13.8 Å². The molecule has 13 heavy (non-hydrogen) atoms. The molecule has 4 nitrogen and oxygen atoms in total. The van der Waals surface area contributed by atoms with E-state index in [9.17, 15) is 9.90 Å². The molecule has 1 saturated heterocycles. The quantitative estimate of drug-likeness (QED) is 0.632. The van der Waals surface area contributed by atoms with E-state index in [0.717, 1.165) is 32.5 Å². The molecule has 1 atom stereocenters. The Kier molecular flexibility index (Phi) is 3.84. The number of aliphatic hydroxyl groups is 1. The second-order valence-electron chi connectivity index (χ2n) is 3.45. The highest BCUT2D eigenvalue weighted by atomic mass is 16.3. The van der Waals surface area contributed by atoms with E-state index in [1.54, 1.807) is 6.92 Å². The van der Waals surface area contributed by atoms with Gasteiger partial charge in [-0.15, -0.1) is 0 Å². The van der Waals surface area contributed by atoms with Gasteiger partial charge in [0.15, 0.2) is 6.23 Å². The number of aldehydes is 1. The second kappa shape index (κ2) is 4.69. The number of hydrogen-bond acceptors (Lipinski definition) is 4. The lowest BCUT2D eigenvalue weighted by Crippen LogP contribution is -2.50. The van der Waals surface area contributed by atoms with Crippen LogP contribution in [0.2, 0.25) is 0 Å². The smallest absolute Gasteiger partial charge is 0.158 e. The lowest BCUT2D eigenvalue weighted by Gasteiger charge is -2.36. The number of piperazine rings is 1. The molecule has 0 aromatic carbocycles. The summed E-state index contributed by atoms with van der Waals surface area (Å²) in [6.07, 6.45) is 1.34. The second-order valence-corrected chi connectivity index (χ2v) is 3.45. The SMILES string of the molecule is C[C](O)N1CCN(C(C)C=O)CC1. The molecular weight excluding hydrogens is 168 g/mol. The van der Waals surface area contributed by atoms with Gasteiger partial charge in [0.25, 0.3) is 0 Å². The Bertz CT molecular complexity index is 165. The molecule has 0 bridgehead atoms. The molecule has 75 valence electrons. The van der Waals surface area contributed by atoms with Gasteiger partial charge in [-0.25, -0.2) is 0 Å². The monoisotopic (exact) mass is 185 g/mol. The van der Waals surface area contributed by atoms with E-state index in [4.69, 9.17) is 0 Å². The third kappa shape index (κ3) is 2.76. The van der Waals surface area contributed by atoms with Crippen molar-refractivity contribution in [2.45, 2.75) is 19.9 Å². The highest BCUT2D eigenvalue weighted by Gasteiger charge is 2.22. The Morgan fingerprint density at radius 2 is 1.92 bits per heavy atom. The number of rotatable bonds is 3. The third-order valence-electron chi connectivity index (χ3n) is 2.54. The van der Waals surface area contributed by atoms with E-state index in [2.05, 4.69) is 4.90 Å². The molecule has 1 fully saturated rings. The van der Waals surface area contributed by atoms with E-state index >= 15 is 0 Å². The molecule has 0 aromatic rings. The molecule has 0 aliphatic carbocycles. The number of carbonyl (C=O) groups excluding carboxylic acids is 1. The van der Waals surface area contributed by atoms with Crippen LogP contribution < -0.4 is 0 Å². The molecule has 0 spiro atoms. The molecule has 4 heteroatoms. The van der Waals surface area contributed by atoms with Crippen molar-refractivity contribution < 1.29 is 9.90 Å². The largest absolute Gasteiger partial charge is 0.371 e. The predicted octanol–water partition coefficient (Wildman–Crippen LogP) is 0.0733. The maximum atomic E-state index is 10.5. The van der Waals surface area contributed by atoms with Crippen molar-refractivity contribution in [3.63, 3.8) is 0 Å². The van der Waals surface area contributed by atoms with Crippen molar-refractivity contribution in [3.8, 4) is 0 Å². The Labute approximate surface area is 79.1 Å². The van der Waals surface area contributed by atoms with Gasteiger partial charge in [0.2, 0.25) is 0 Å². The minimum absolute atomic E-state index is 0.00106. The van der Waals surface area contributed by atoms with Crippen LogP contribution in [0.15, 0.2) is 0 Å². The highest BCUT2D eigenvalue weighted by molar-refractivity contribution is 5.56. The molecule has 0 amide bonds. The molecule has 1 radical (unpaired) electrons. The minimum atomic E-state index is 0.00106. The van der Waals surface area contributed by atoms with Crippen molar-refractivity contribution in [2.24, 2.45) is 0 Å². The lowest BCUT2D eigenvalue weighted by atomic mass is 10.2. The van der Waals surface area contributed by atoms with E-state index in [1.807, 2.05) is 11.8 Å². The zero-order valence-electron chi connectivity index (χ0n) is 8.23. The summed E-state index contributed by atoms with van der Waals surface area (Å²) in [7, 11) is 0. The van der Waals surface area contributed by atoms with Gasteiger partial charge < -0.3 is 9.90 Å². The van der Waals surface area contributed by atoms with E-state index in [0.29, 0.717) is 6.23 Å². The van der Waals surface area contributed by atoms with Crippen molar-refractivity contribution in [3.05, 3.63) is 6.23 Å². The van der Waals surface area contributed by atoms with Gasteiger partial charge >= 0.3 is 0 Å². The Morgan fingerprint density at radius 3 is 2.31 bits per heavy atom. The molecule has 1 rings (SSSR count). The number of aliphatic hydroxyl groups excluding tert-OH is 1. The van der Waals surface area contributed by atoms with E-state index in [1.165, 1.54) is 0 Å². The van der Waals surface area contributed by atoms with Gasteiger partial charge in [0.05, 0.1) is 6.04 Å². The van der Waals surface area contributed by atoms with Gasteiger partial charge in [-0.1, -0.05) is 0 Å². The standard InChI is InChI=1S/C9H17N2O2/c1-8(7-12)10-3-5-11(6-4-10)9(2)13/h7-8,13H,3-6H2,1-2H3. The van der Waals surface area contributed by atoms with Crippen molar-refractivity contribution in [1.82, 2.24) is 9.80 Å². The summed E-state index contributed by atoms with van der Waals surface area (Å²) in [6.45, 7) is 6.90. The fourth-order valence-corrected chi connectivity index (χ4v) is 1.54. The summed E-state index contributed by atoms with van der Waals surface area (Å²) < 4.78 is 0. The fourth-order valence-electron chi connectivity index (χ4n) is 1.54. The lowest BCUT2D eigenvalue weighted by molar-refractivity contribution is -0.112. The molecular formula is C9H17N2O2. The minimum Gasteiger partial charge on any atom is -0.371 e. The summed E-state index contributed by atoms with van der Waals surface area (Å²) in [5.41, 5.74) is 0. The zero-order valence-corrected chi connectivity index (χ0v) is 8.23. The topological polar surface area (TPSA) is 43.8 Å². The van der Waals surface area contributed by atoms with E-state index in [-0.39, 0.29) is 6.04 Å². The number of hydrogen-bond donors (Lipinski definition) is 1. The Hall–Kier alpha value is -0.450. The summed E-state index contributed by atoms with van der Waals surface area (Å²) in [6, 6.07) is 0.00106. The Morgan fingerprint density at radius 1 is 1.38 bits per heavy atom. The summed E-state index contributed by atoms with van der Waals surface area (Å²) >= 11 is 0. The molecule has 1 aliphatic rings.